The van der Waals surface area contributed by atoms with Crippen molar-refractivity contribution in [1.29, 1.82) is 0 Å². The van der Waals surface area contributed by atoms with E-state index in [1.165, 1.54) is 19.3 Å². The van der Waals surface area contributed by atoms with Gasteiger partial charge in [0.1, 0.15) is 0 Å². The van der Waals surface area contributed by atoms with Gasteiger partial charge in [0.25, 0.3) is 0 Å². The highest BCUT2D eigenvalue weighted by atomic mass is 15.1. The van der Waals surface area contributed by atoms with Gasteiger partial charge in [-0.1, -0.05) is 43.8 Å². The van der Waals surface area contributed by atoms with Crippen LogP contribution in [-0.2, 0) is 0 Å². The van der Waals surface area contributed by atoms with E-state index >= 15 is 0 Å². The first kappa shape index (κ1) is 11.1. The molecular weight excluding hydrogens is 150 g/mol. The molecule has 0 radical (unpaired) electrons. The van der Waals surface area contributed by atoms with Gasteiger partial charge in [0.15, 0.2) is 0 Å². The van der Waals surface area contributed by atoms with Gasteiger partial charge in [-0.15, -0.1) is 6.58 Å². The van der Waals surface area contributed by atoms with Gasteiger partial charge in [0.05, 0.1) is 6.04 Å². The summed E-state index contributed by atoms with van der Waals surface area (Å²) in [6, 6.07) is -0.00754. The zero-order valence-electron chi connectivity index (χ0n) is 7.74. The predicted molar refractivity (Wildman–Crippen MR) is 51.9 cm³/mol. The number of azide groups is 1. The predicted octanol–water partition coefficient (Wildman–Crippen LogP) is 3.82. The van der Waals surface area contributed by atoms with Crippen molar-refractivity contribution < 1.29 is 0 Å². The summed E-state index contributed by atoms with van der Waals surface area (Å²) in [5.41, 5.74) is 8.18. The minimum atomic E-state index is -0.00754. The molecule has 1 atom stereocenters. The van der Waals surface area contributed by atoms with Gasteiger partial charge in [-0.25, -0.2) is 0 Å². The summed E-state index contributed by atoms with van der Waals surface area (Å²) < 4.78 is 0. The van der Waals surface area contributed by atoms with Crippen molar-refractivity contribution >= 4 is 0 Å². The number of hydrogen-bond acceptors (Lipinski definition) is 1. The zero-order chi connectivity index (χ0) is 9.23. The highest BCUT2D eigenvalue weighted by molar-refractivity contribution is 4.85. The second-order valence-corrected chi connectivity index (χ2v) is 2.86. The van der Waals surface area contributed by atoms with Gasteiger partial charge in [0.2, 0.25) is 0 Å². The summed E-state index contributed by atoms with van der Waals surface area (Å²) >= 11 is 0. The van der Waals surface area contributed by atoms with Gasteiger partial charge < -0.3 is 0 Å². The Balaban J connectivity index is 3.44. The molecule has 0 aliphatic heterocycles. The van der Waals surface area contributed by atoms with Crippen molar-refractivity contribution in [2.75, 3.05) is 0 Å². The maximum atomic E-state index is 8.18. The van der Waals surface area contributed by atoms with E-state index in [9.17, 15) is 0 Å². The maximum Gasteiger partial charge on any atom is 0.0552 e. The van der Waals surface area contributed by atoms with Crippen LogP contribution < -0.4 is 0 Å². The second-order valence-electron chi connectivity index (χ2n) is 2.86. The molecular formula is C9H17N3. The fourth-order valence-corrected chi connectivity index (χ4v) is 1.07. The van der Waals surface area contributed by atoms with Gasteiger partial charge in [-0.05, 0) is 12.0 Å². The molecule has 0 rings (SSSR count). The Bertz CT molecular complexity index is 159. The molecule has 3 nitrogen and oxygen atoms in total. The first-order chi connectivity index (χ1) is 5.85. The van der Waals surface area contributed by atoms with Crippen molar-refractivity contribution in [2.45, 2.75) is 45.1 Å². The average molecular weight is 167 g/mol. The normalized spacial score (nSPS) is 11.8. The molecule has 0 aliphatic rings. The quantitative estimate of drug-likeness (QED) is 0.182. The molecule has 0 spiro atoms. The average Bonchev–Trinajstić information content (AvgIpc) is 2.10. The topological polar surface area (TPSA) is 48.8 Å². The Morgan fingerprint density at radius 3 is 2.75 bits per heavy atom. The van der Waals surface area contributed by atoms with Crippen LogP contribution in [0.5, 0.6) is 0 Å². The molecule has 68 valence electrons. The standard InChI is InChI=1S/C9H17N3/c1-3-5-6-7-8-9(4-2)11-12-10/h4,9H,2-3,5-8H2,1H3. The van der Waals surface area contributed by atoms with E-state index < -0.39 is 0 Å². The molecule has 0 heterocycles. The molecule has 0 aromatic heterocycles. The van der Waals surface area contributed by atoms with Crippen LogP contribution in [-0.4, -0.2) is 6.04 Å². The molecule has 12 heavy (non-hydrogen) atoms. The lowest BCUT2D eigenvalue weighted by Gasteiger charge is -2.03. The largest absolute Gasteiger partial charge is 0.103 e. The van der Waals surface area contributed by atoms with Gasteiger partial charge >= 0.3 is 0 Å². The Kier molecular flexibility index (Phi) is 7.50. The molecule has 0 saturated carbocycles. The fraction of sp³-hybridized carbons (Fsp3) is 0.778. The molecule has 0 fully saturated rings. The Labute approximate surface area is 74.1 Å². The van der Waals surface area contributed by atoms with Crippen molar-refractivity contribution in [3.8, 4) is 0 Å². The lowest BCUT2D eigenvalue weighted by Crippen LogP contribution is -1.97. The lowest BCUT2D eigenvalue weighted by atomic mass is 10.1. The van der Waals surface area contributed by atoms with Crippen LogP contribution >= 0.6 is 0 Å². The van der Waals surface area contributed by atoms with E-state index in [0.29, 0.717) is 0 Å². The van der Waals surface area contributed by atoms with Crippen LogP contribution in [0.25, 0.3) is 10.4 Å². The van der Waals surface area contributed by atoms with Crippen molar-refractivity contribution in [1.82, 2.24) is 0 Å². The molecule has 1 unspecified atom stereocenters. The third-order valence-electron chi connectivity index (χ3n) is 1.83. The highest BCUT2D eigenvalue weighted by Gasteiger charge is 1.98. The molecule has 0 amide bonds. The smallest absolute Gasteiger partial charge is 0.0552 e. The van der Waals surface area contributed by atoms with Crippen LogP contribution in [0.2, 0.25) is 0 Å². The number of unbranched alkanes of at least 4 members (excludes halogenated alkanes) is 3. The summed E-state index contributed by atoms with van der Waals surface area (Å²) in [4.78, 5) is 2.76. The Morgan fingerprint density at radius 2 is 2.25 bits per heavy atom. The second kappa shape index (κ2) is 8.15. The molecule has 0 N–H and O–H groups in total. The van der Waals surface area contributed by atoms with Crippen LogP contribution in [0.1, 0.15) is 39.0 Å². The van der Waals surface area contributed by atoms with Crippen LogP contribution in [0.3, 0.4) is 0 Å². The minimum absolute atomic E-state index is 0.00754. The summed E-state index contributed by atoms with van der Waals surface area (Å²) in [5, 5.41) is 3.60. The van der Waals surface area contributed by atoms with E-state index in [4.69, 9.17) is 5.53 Å². The van der Waals surface area contributed by atoms with Crippen LogP contribution in [0, 0.1) is 0 Å². The van der Waals surface area contributed by atoms with E-state index in [1.807, 2.05) is 0 Å². The molecule has 3 heteroatoms. The summed E-state index contributed by atoms with van der Waals surface area (Å²) in [5.74, 6) is 0. The van der Waals surface area contributed by atoms with E-state index in [-0.39, 0.29) is 6.04 Å². The van der Waals surface area contributed by atoms with Crippen LogP contribution in [0.4, 0.5) is 0 Å². The Hall–Kier alpha value is -0.950. The van der Waals surface area contributed by atoms with Gasteiger partial charge in [-0.2, -0.15) is 0 Å². The molecule has 0 aromatic rings. The van der Waals surface area contributed by atoms with Crippen molar-refractivity contribution in [3.05, 3.63) is 23.1 Å². The first-order valence-electron chi connectivity index (χ1n) is 4.52. The molecule has 0 aliphatic carbocycles. The third kappa shape index (κ3) is 5.81. The summed E-state index contributed by atoms with van der Waals surface area (Å²) in [6.07, 6.45) is 7.50. The number of rotatable bonds is 7. The molecule has 0 saturated heterocycles. The molecule has 0 aromatic carbocycles. The van der Waals surface area contributed by atoms with E-state index in [0.717, 1.165) is 12.8 Å². The summed E-state index contributed by atoms with van der Waals surface area (Å²) in [6.45, 7) is 5.79. The lowest BCUT2D eigenvalue weighted by molar-refractivity contribution is 0.599. The van der Waals surface area contributed by atoms with E-state index in [2.05, 4.69) is 23.5 Å². The van der Waals surface area contributed by atoms with E-state index in [1.54, 1.807) is 6.08 Å². The third-order valence-corrected chi connectivity index (χ3v) is 1.83. The van der Waals surface area contributed by atoms with Gasteiger partial charge in [0, 0.05) is 4.91 Å². The summed E-state index contributed by atoms with van der Waals surface area (Å²) in [7, 11) is 0. The molecule has 0 bridgehead atoms. The van der Waals surface area contributed by atoms with Crippen molar-refractivity contribution in [2.24, 2.45) is 5.11 Å². The maximum absolute atomic E-state index is 8.18. The number of nitrogens with zero attached hydrogens (tertiary/aromatic N) is 3. The van der Waals surface area contributed by atoms with Crippen LogP contribution in [0.15, 0.2) is 17.8 Å². The first-order valence-corrected chi connectivity index (χ1v) is 4.52. The Morgan fingerprint density at radius 1 is 1.50 bits per heavy atom. The number of hydrogen-bond donors (Lipinski definition) is 0. The monoisotopic (exact) mass is 167 g/mol. The minimum Gasteiger partial charge on any atom is -0.103 e. The SMILES string of the molecule is C=CC(CCCCCC)N=[N+]=[N-]. The van der Waals surface area contributed by atoms with Gasteiger partial charge in [-0.3, -0.25) is 0 Å². The zero-order valence-corrected chi connectivity index (χ0v) is 7.74. The highest BCUT2D eigenvalue weighted by Crippen LogP contribution is 2.08. The van der Waals surface area contributed by atoms with Crippen molar-refractivity contribution in [3.63, 3.8) is 0 Å². The fourth-order valence-electron chi connectivity index (χ4n) is 1.07.